The molecular formula is C16H12ClN3O. The first kappa shape index (κ1) is 12.4. The van der Waals surface area contributed by atoms with Crippen LogP contribution in [0, 0.1) is 0 Å². The van der Waals surface area contributed by atoms with Crippen molar-refractivity contribution in [1.82, 2.24) is 14.5 Å². The fourth-order valence-electron chi connectivity index (χ4n) is 2.60. The van der Waals surface area contributed by atoms with Crippen molar-refractivity contribution in [3.8, 4) is 11.6 Å². The first-order valence-corrected chi connectivity index (χ1v) is 7.16. The maximum Gasteiger partial charge on any atom is 0.177 e. The lowest BCUT2D eigenvalue weighted by Gasteiger charge is -1.99. The number of nitrogens with zero attached hydrogens (tertiary/aromatic N) is 3. The first-order chi connectivity index (χ1) is 10.3. The van der Waals surface area contributed by atoms with Crippen LogP contribution in [0.5, 0.6) is 0 Å². The molecule has 0 amide bonds. The molecule has 4 aromatic rings. The minimum absolute atomic E-state index is 0.358. The number of aromatic nitrogens is 3. The van der Waals surface area contributed by atoms with Gasteiger partial charge in [0.25, 0.3) is 0 Å². The molecule has 0 aliphatic carbocycles. The van der Waals surface area contributed by atoms with E-state index >= 15 is 0 Å². The Morgan fingerprint density at radius 3 is 2.90 bits per heavy atom. The molecule has 21 heavy (non-hydrogen) atoms. The minimum Gasteiger partial charge on any atom is -0.457 e. The Bertz CT molecular complexity index is 955. The second-order valence-electron chi connectivity index (χ2n) is 4.90. The van der Waals surface area contributed by atoms with Crippen molar-refractivity contribution in [2.45, 2.75) is 5.88 Å². The topological polar surface area (TPSA) is 43.9 Å². The van der Waals surface area contributed by atoms with Crippen LogP contribution in [0.25, 0.3) is 33.5 Å². The monoisotopic (exact) mass is 297 g/mol. The van der Waals surface area contributed by atoms with Crippen LogP contribution in [0.1, 0.15) is 5.76 Å². The van der Waals surface area contributed by atoms with Gasteiger partial charge in [-0.05, 0) is 36.4 Å². The SMILES string of the molecule is Cn1c(-c2ccc(CCl)o2)nc2c3cccnc3ccc21. The maximum absolute atomic E-state index is 5.80. The smallest absolute Gasteiger partial charge is 0.177 e. The van der Waals surface area contributed by atoms with Gasteiger partial charge in [-0.25, -0.2) is 4.98 Å². The number of alkyl halides is 1. The normalized spacial score (nSPS) is 11.5. The third kappa shape index (κ3) is 1.83. The molecule has 0 atom stereocenters. The number of benzene rings is 1. The summed E-state index contributed by atoms with van der Waals surface area (Å²) in [6, 6.07) is 11.8. The zero-order valence-electron chi connectivity index (χ0n) is 11.4. The van der Waals surface area contributed by atoms with Crippen molar-refractivity contribution in [3.63, 3.8) is 0 Å². The summed E-state index contributed by atoms with van der Waals surface area (Å²) in [5, 5.41) is 1.04. The Balaban J connectivity index is 2.02. The predicted octanol–water partition coefficient (Wildman–Crippen LogP) is 4.12. The third-order valence-corrected chi connectivity index (χ3v) is 3.91. The summed E-state index contributed by atoms with van der Waals surface area (Å²) in [7, 11) is 1.98. The highest BCUT2D eigenvalue weighted by molar-refractivity contribution is 6.16. The Morgan fingerprint density at radius 1 is 1.19 bits per heavy atom. The molecule has 3 heterocycles. The molecule has 0 radical (unpaired) electrons. The molecule has 5 heteroatoms. The van der Waals surface area contributed by atoms with E-state index in [-0.39, 0.29) is 0 Å². The van der Waals surface area contributed by atoms with Crippen LogP contribution < -0.4 is 0 Å². The van der Waals surface area contributed by atoms with Gasteiger partial charge in [-0.1, -0.05) is 0 Å². The zero-order chi connectivity index (χ0) is 14.4. The Morgan fingerprint density at radius 2 is 2.10 bits per heavy atom. The van der Waals surface area contributed by atoms with E-state index in [1.807, 2.05) is 48.0 Å². The molecule has 4 nitrogen and oxygen atoms in total. The van der Waals surface area contributed by atoms with Crippen LogP contribution in [0.4, 0.5) is 0 Å². The van der Waals surface area contributed by atoms with Gasteiger partial charge in [0, 0.05) is 18.6 Å². The first-order valence-electron chi connectivity index (χ1n) is 6.63. The van der Waals surface area contributed by atoms with E-state index in [4.69, 9.17) is 21.0 Å². The number of fused-ring (bicyclic) bond motifs is 3. The number of imidazole rings is 1. The highest BCUT2D eigenvalue weighted by Crippen LogP contribution is 2.29. The van der Waals surface area contributed by atoms with Crippen molar-refractivity contribution in [2.24, 2.45) is 7.05 Å². The fraction of sp³-hybridized carbons (Fsp3) is 0.125. The third-order valence-electron chi connectivity index (χ3n) is 3.65. The van der Waals surface area contributed by atoms with Gasteiger partial charge in [-0.3, -0.25) is 4.98 Å². The molecule has 0 saturated heterocycles. The molecule has 0 unspecified atom stereocenters. The molecule has 0 spiro atoms. The fourth-order valence-corrected chi connectivity index (χ4v) is 2.74. The molecule has 0 bridgehead atoms. The molecule has 0 saturated carbocycles. The van der Waals surface area contributed by atoms with Crippen LogP contribution in [0.15, 0.2) is 47.0 Å². The quantitative estimate of drug-likeness (QED) is 0.523. The van der Waals surface area contributed by atoms with Gasteiger partial charge in [0.1, 0.15) is 5.76 Å². The second-order valence-corrected chi connectivity index (χ2v) is 5.16. The Labute approximate surface area is 126 Å². The van der Waals surface area contributed by atoms with Gasteiger partial charge in [0.15, 0.2) is 11.6 Å². The van der Waals surface area contributed by atoms with E-state index in [0.717, 1.165) is 39.3 Å². The van der Waals surface area contributed by atoms with Crippen LogP contribution in [-0.2, 0) is 12.9 Å². The van der Waals surface area contributed by atoms with Gasteiger partial charge < -0.3 is 8.98 Å². The summed E-state index contributed by atoms with van der Waals surface area (Å²) in [6.45, 7) is 0. The maximum atomic E-state index is 5.80. The number of furan rings is 1. The summed E-state index contributed by atoms with van der Waals surface area (Å²) in [4.78, 5) is 9.11. The number of rotatable bonds is 2. The second kappa shape index (κ2) is 4.60. The molecule has 0 aliphatic rings. The summed E-state index contributed by atoms with van der Waals surface area (Å²) in [5.74, 6) is 2.61. The van der Waals surface area contributed by atoms with E-state index < -0.39 is 0 Å². The predicted molar refractivity (Wildman–Crippen MR) is 83.3 cm³/mol. The van der Waals surface area contributed by atoms with Crippen molar-refractivity contribution in [2.75, 3.05) is 0 Å². The minimum atomic E-state index is 0.358. The lowest BCUT2D eigenvalue weighted by Crippen LogP contribution is -1.90. The number of hydrogen-bond acceptors (Lipinski definition) is 3. The van der Waals surface area contributed by atoms with Crippen LogP contribution in [0.2, 0.25) is 0 Å². The Kier molecular flexibility index (Phi) is 2.72. The largest absolute Gasteiger partial charge is 0.457 e. The highest BCUT2D eigenvalue weighted by Gasteiger charge is 2.15. The summed E-state index contributed by atoms with van der Waals surface area (Å²) >= 11 is 5.80. The molecule has 104 valence electrons. The number of halogens is 1. The average molecular weight is 298 g/mol. The van der Waals surface area contributed by atoms with Gasteiger partial charge in [-0.2, -0.15) is 0 Å². The van der Waals surface area contributed by atoms with Gasteiger partial charge in [0.05, 0.1) is 22.4 Å². The molecule has 0 fully saturated rings. The molecule has 3 aromatic heterocycles. The molecule has 0 aliphatic heterocycles. The number of pyridine rings is 1. The van der Waals surface area contributed by atoms with E-state index in [9.17, 15) is 0 Å². The molecule has 4 rings (SSSR count). The van der Waals surface area contributed by atoms with Crippen LogP contribution >= 0.6 is 11.6 Å². The summed E-state index contributed by atoms with van der Waals surface area (Å²) < 4.78 is 7.74. The van der Waals surface area contributed by atoms with Crippen molar-refractivity contribution < 1.29 is 4.42 Å². The van der Waals surface area contributed by atoms with Gasteiger partial charge in [0.2, 0.25) is 0 Å². The van der Waals surface area contributed by atoms with E-state index in [1.54, 1.807) is 6.20 Å². The molecule has 0 N–H and O–H groups in total. The van der Waals surface area contributed by atoms with E-state index in [1.165, 1.54) is 0 Å². The van der Waals surface area contributed by atoms with Gasteiger partial charge in [-0.15, -0.1) is 11.6 Å². The van der Waals surface area contributed by atoms with Gasteiger partial charge >= 0.3 is 0 Å². The summed E-state index contributed by atoms with van der Waals surface area (Å²) in [5.41, 5.74) is 2.92. The highest BCUT2D eigenvalue weighted by atomic mass is 35.5. The number of aryl methyl sites for hydroxylation is 1. The Hall–Kier alpha value is -2.33. The lowest BCUT2D eigenvalue weighted by molar-refractivity contribution is 0.537. The van der Waals surface area contributed by atoms with E-state index in [2.05, 4.69) is 4.98 Å². The summed E-state index contributed by atoms with van der Waals surface area (Å²) in [6.07, 6.45) is 1.79. The van der Waals surface area contributed by atoms with Crippen molar-refractivity contribution >= 4 is 33.5 Å². The van der Waals surface area contributed by atoms with Crippen LogP contribution in [-0.4, -0.2) is 14.5 Å². The standard InChI is InChI=1S/C16H12ClN3O/c1-20-13-6-5-12-11(3-2-8-18-12)15(13)19-16(20)14-7-4-10(9-17)21-14/h2-8H,9H2,1H3. The van der Waals surface area contributed by atoms with Crippen molar-refractivity contribution in [1.29, 1.82) is 0 Å². The number of hydrogen-bond donors (Lipinski definition) is 0. The van der Waals surface area contributed by atoms with Crippen LogP contribution in [0.3, 0.4) is 0 Å². The zero-order valence-corrected chi connectivity index (χ0v) is 12.1. The molecular weight excluding hydrogens is 286 g/mol. The molecule has 1 aromatic carbocycles. The average Bonchev–Trinajstić information content (AvgIpc) is 3.12. The lowest BCUT2D eigenvalue weighted by atomic mass is 10.2. The van der Waals surface area contributed by atoms with E-state index in [0.29, 0.717) is 5.88 Å². The van der Waals surface area contributed by atoms with Crippen molar-refractivity contribution in [3.05, 3.63) is 48.4 Å².